The van der Waals surface area contributed by atoms with Crippen LogP contribution in [-0.4, -0.2) is 28.3 Å². The van der Waals surface area contributed by atoms with E-state index in [0.717, 1.165) is 24.9 Å². The summed E-state index contributed by atoms with van der Waals surface area (Å²) in [4.78, 5) is 11.0. The molecule has 0 aliphatic carbocycles. The van der Waals surface area contributed by atoms with E-state index in [1.54, 1.807) is 0 Å². The second-order valence-electron chi connectivity index (χ2n) is 6.96. The maximum atomic E-state index is 11.0. The van der Waals surface area contributed by atoms with Crippen molar-refractivity contribution < 1.29 is 9.53 Å². The number of hydrogen-bond donors (Lipinski definition) is 0. The number of halogens is 1. The molecule has 3 nitrogen and oxygen atoms in total. The van der Waals surface area contributed by atoms with Crippen LogP contribution in [0, 0.1) is 0 Å². The molecule has 0 N–H and O–H groups in total. The van der Waals surface area contributed by atoms with Gasteiger partial charge in [0.2, 0.25) is 0 Å². The minimum absolute atomic E-state index is 0.0681. The highest BCUT2D eigenvalue weighted by Crippen LogP contribution is 2.33. The smallest absolute Gasteiger partial charge is 0.305 e. The van der Waals surface area contributed by atoms with E-state index in [0.29, 0.717) is 6.42 Å². The van der Waals surface area contributed by atoms with Gasteiger partial charge in [-0.25, -0.2) is 3.11 Å². The third-order valence-electron chi connectivity index (χ3n) is 5.07. The van der Waals surface area contributed by atoms with Crippen LogP contribution in [-0.2, 0) is 9.53 Å². The highest BCUT2D eigenvalue weighted by atomic mass is 127. The van der Waals surface area contributed by atoms with E-state index in [1.165, 1.54) is 77.7 Å². The largest absolute Gasteiger partial charge is 0.469 e. The third-order valence-corrected chi connectivity index (χ3v) is 6.64. The molecule has 136 valence electrons. The molecular weight excluding hydrogens is 401 g/mol. The topological polar surface area (TPSA) is 29.5 Å². The molecule has 1 rings (SSSR count). The number of ether oxygens (including phenoxy) is 1. The van der Waals surface area contributed by atoms with Crippen LogP contribution in [0.5, 0.6) is 0 Å². The first kappa shape index (κ1) is 21.2. The van der Waals surface area contributed by atoms with Crippen molar-refractivity contribution in [2.75, 3.05) is 7.11 Å². The summed E-state index contributed by atoms with van der Waals surface area (Å²) in [6.07, 6.45) is 17.7. The molecule has 0 saturated carbocycles. The molecule has 1 heterocycles. The first-order valence-electron chi connectivity index (χ1n) is 9.70. The van der Waals surface area contributed by atoms with Gasteiger partial charge in [0.1, 0.15) is 0 Å². The minimum atomic E-state index is -0.0681. The van der Waals surface area contributed by atoms with Gasteiger partial charge in [0, 0.05) is 41.4 Å². The zero-order chi connectivity index (χ0) is 16.9. The van der Waals surface area contributed by atoms with E-state index >= 15 is 0 Å². The SMILES string of the molecule is CCCCCCC1CCC(CCCCCCCC(=O)OC)N1I. The van der Waals surface area contributed by atoms with Crippen molar-refractivity contribution in [2.24, 2.45) is 0 Å². The Balaban J connectivity index is 2.00. The van der Waals surface area contributed by atoms with Crippen LogP contribution in [0.2, 0.25) is 0 Å². The number of methoxy groups -OCH3 is 1. The Morgan fingerprint density at radius 3 is 2.04 bits per heavy atom. The quantitative estimate of drug-likeness (QED) is 0.152. The molecule has 1 saturated heterocycles. The number of unbranched alkanes of at least 4 members (excludes halogenated alkanes) is 7. The van der Waals surface area contributed by atoms with Crippen LogP contribution in [0.25, 0.3) is 0 Å². The van der Waals surface area contributed by atoms with Gasteiger partial charge in [-0.15, -0.1) is 0 Å². The lowest BCUT2D eigenvalue weighted by molar-refractivity contribution is -0.140. The number of carbonyl (C=O) groups is 1. The van der Waals surface area contributed by atoms with Crippen LogP contribution in [0.3, 0.4) is 0 Å². The highest BCUT2D eigenvalue weighted by Gasteiger charge is 2.30. The number of rotatable bonds is 13. The fraction of sp³-hybridized carbons (Fsp3) is 0.947. The van der Waals surface area contributed by atoms with Crippen LogP contribution >= 0.6 is 22.9 Å². The first-order valence-corrected chi connectivity index (χ1v) is 10.7. The molecule has 2 unspecified atom stereocenters. The Morgan fingerprint density at radius 2 is 1.48 bits per heavy atom. The van der Waals surface area contributed by atoms with Crippen molar-refractivity contribution >= 4 is 28.8 Å². The van der Waals surface area contributed by atoms with Crippen LogP contribution in [0.4, 0.5) is 0 Å². The second-order valence-corrected chi connectivity index (χ2v) is 8.08. The standard InChI is InChI=1S/C19H36INO2/c1-3-4-5-9-12-17-15-16-18(21(17)20)13-10-7-6-8-11-14-19(22)23-2/h17-18H,3-16H2,1-2H3. The van der Waals surface area contributed by atoms with E-state index in [9.17, 15) is 4.79 Å². The van der Waals surface area contributed by atoms with Gasteiger partial charge in [0.25, 0.3) is 0 Å². The summed E-state index contributed by atoms with van der Waals surface area (Å²) in [7, 11) is 1.47. The van der Waals surface area contributed by atoms with Crippen LogP contribution in [0.15, 0.2) is 0 Å². The first-order chi connectivity index (χ1) is 11.2. The summed E-state index contributed by atoms with van der Waals surface area (Å²) < 4.78 is 7.30. The van der Waals surface area contributed by atoms with Gasteiger partial charge in [-0.3, -0.25) is 4.79 Å². The maximum Gasteiger partial charge on any atom is 0.305 e. The molecular formula is C19H36INO2. The molecule has 23 heavy (non-hydrogen) atoms. The number of nitrogens with zero attached hydrogens (tertiary/aromatic N) is 1. The van der Waals surface area contributed by atoms with E-state index in [-0.39, 0.29) is 5.97 Å². The maximum absolute atomic E-state index is 11.0. The van der Waals surface area contributed by atoms with Crippen molar-refractivity contribution in [1.82, 2.24) is 3.11 Å². The fourth-order valence-electron chi connectivity index (χ4n) is 3.55. The van der Waals surface area contributed by atoms with E-state index in [2.05, 4.69) is 37.6 Å². The van der Waals surface area contributed by atoms with Crippen LogP contribution < -0.4 is 0 Å². The minimum Gasteiger partial charge on any atom is -0.469 e. The van der Waals surface area contributed by atoms with E-state index in [1.807, 2.05) is 0 Å². The number of carbonyl (C=O) groups excluding carboxylic acids is 1. The summed E-state index contributed by atoms with van der Waals surface area (Å²) >= 11 is 2.58. The predicted octanol–water partition coefficient (Wildman–Crippen LogP) is 6.04. The molecule has 1 aliphatic heterocycles. The van der Waals surface area contributed by atoms with Gasteiger partial charge in [0.05, 0.1) is 7.11 Å². The van der Waals surface area contributed by atoms with Gasteiger partial charge in [-0.1, -0.05) is 58.3 Å². The molecule has 0 aromatic carbocycles. The normalized spacial score (nSPS) is 21.7. The van der Waals surface area contributed by atoms with Gasteiger partial charge < -0.3 is 4.74 Å². The average Bonchev–Trinajstić information content (AvgIpc) is 2.91. The summed E-state index contributed by atoms with van der Waals surface area (Å²) in [5.74, 6) is -0.0681. The average molecular weight is 437 g/mol. The Labute approximate surface area is 157 Å². The number of esters is 1. The Hall–Kier alpha value is 0.160. The Morgan fingerprint density at radius 1 is 0.957 bits per heavy atom. The summed E-state index contributed by atoms with van der Waals surface area (Å²) in [5, 5.41) is 0. The molecule has 4 heteroatoms. The molecule has 0 aromatic rings. The molecule has 0 radical (unpaired) electrons. The predicted molar refractivity (Wildman–Crippen MR) is 106 cm³/mol. The lowest BCUT2D eigenvalue weighted by Gasteiger charge is -2.23. The lowest BCUT2D eigenvalue weighted by atomic mass is 10.0. The van der Waals surface area contributed by atoms with Gasteiger partial charge >= 0.3 is 5.97 Å². The molecule has 0 bridgehead atoms. The van der Waals surface area contributed by atoms with Crippen molar-refractivity contribution in [1.29, 1.82) is 0 Å². The second kappa shape index (κ2) is 13.5. The summed E-state index contributed by atoms with van der Waals surface area (Å²) in [6.45, 7) is 2.28. The monoisotopic (exact) mass is 437 g/mol. The molecule has 2 atom stereocenters. The molecule has 1 fully saturated rings. The lowest BCUT2D eigenvalue weighted by Crippen LogP contribution is -2.26. The third kappa shape index (κ3) is 9.28. The molecule has 1 aliphatic rings. The van der Waals surface area contributed by atoms with E-state index in [4.69, 9.17) is 0 Å². The van der Waals surface area contributed by atoms with Crippen molar-refractivity contribution in [3.8, 4) is 0 Å². The zero-order valence-corrected chi connectivity index (χ0v) is 17.4. The van der Waals surface area contributed by atoms with E-state index < -0.39 is 0 Å². The summed E-state index contributed by atoms with van der Waals surface area (Å²) in [6, 6.07) is 1.64. The number of hydrogen-bond acceptors (Lipinski definition) is 3. The van der Waals surface area contributed by atoms with Gasteiger partial charge in [-0.05, 0) is 32.1 Å². The fourth-order valence-corrected chi connectivity index (χ4v) is 4.67. The highest BCUT2D eigenvalue weighted by molar-refractivity contribution is 14.1. The molecule has 0 amide bonds. The Kier molecular flexibility index (Phi) is 12.4. The molecule has 0 spiro atoms. The van der Waals surface area contributed by atoms with Crippen molar-refractivity contribution in [2.45, 2.75) is 109 Å². The summed E-state index contributed by atoms with van der Waals surface area (Å²) in [5.41, 5.74) is 0. The zero-order valence-electron chi connectivity index (χ0n) is 15.2. The van der Waals surface area contributed by atoms with Gasteiger partial charge in [-0.2, -0.15) is 0 Å². The Bertz CT molecular complexity index is 312. The van der Waals surface area contributed by atoms with Gasteiger partial charge in [0.15, 0.2) is 0 Å². The molecule has 0 aromatic heterocycles. The van der Waals surface area contributed by atoms with Crippen LogP contribution in [0.1, 0.15) is 96.8 Å². The van der Waals surface area contributed by atoms with Crippen molar-refractivity contribution in [3.05, 3.63) is 0 Å². The van der Waals surface area contributed by atoms with Crippen molar-refractivity contribution in [3.63, 3.8) is 0 Å².